The Bertz CT molecular complexity index is 560. The molecule has 0 aliphatic heterocycles. The van der Waals surface area contributed by atoms with Gasteiger partial charge in [0.2, 0.25) is 0 Å². The monoisotopic (exact) mass is 364 g/mol. The van der Waals surface area contributed by atoms with Crippen LogP contribution in [0, 0.1) is 0 Å². The molecule has 0 bridgehead atoms. The Balaban J connectivity index is 1.92. The Kier molecular flexibility index (Phi) is 4.77. The van der Waals surface area contributed by atoms with Crippen LogP contribution in [0.3, 0.4) is 0 Å². The van der Waals surface area contributed by atoms with Crippen molar-refractivity contribution in [1.29, 1.82) is 0 Å². The first kappa shape index (κ1) is 15.0. The number of nitrogens with zero attached hydrogens (tertiary/aromatic N) is 1. The Morgan fingerprint density at radius 1 is 1.10 bits per heavy atom. The Morgan fingerprint density at radius 3 is 2.35 bits per heavy atom. The number of halogens is 4. The smallest absolute Gasteiger partial charge is 0.406 e. The van der Waals surface area contributed by atoms with Gasteiger partial charge in [-0.2, -0.15) is 0 Å². The van der Waals surface area contributed by atoms with Crippen molar-refractivity contribution in [2.45, 2.75) is 11.4 Å². The van der Waals surface area contributed by atoms with Crippen LogP contribution < -0.4 is 9.46 Å². The largest absolute Gasteiger partial charge is 0.573 e. The van der Waals surface area contributed by atoms with Gasteiger partial charge >= 0.3 is 6.36 Å². The molecule has 106 valence electrons. The van der Waals surface area contributed by atoms with Crippen LogP contribution in [0.2, 0.25) is 0 Å². The summed E-state index contributed by atoms with van der Waals surface area (Å²) in [5.41, 5.74) is 0.647. The fourth-order valence-corrected chi connectivity index (χ4v) is 2.09. The number of alkyl halides is 3. The summed E-state index contributed by atoms with van der Waals surface area (Å²) in [5, 5.41) is 0.740. The molecule has 0 radical (unpaired) electrons. The van der Waals surface area contributed by atoms with E-state index in [0.29, 0.717) is 5.69 Å². The lowest BCUT2D eigenvalue weighted by Crippen LogP contribution is -2.16. The van der Waals surface area contributed by atoms with Gasteiger partial charge in [0, 0.05) is 28.3 Å². The Hall–Kier alpha value is -1.41. The lowest BCUT2D eigenvalue weighted by Gasteiger charge is -2.09. The lowest BCUT2D eigenvalue weighted by atomic mass is 10.3. The minimum absolute atomic E-state index is 0.255. The topological polar surface area (TPSA) is 34.1 Å². The third-order valence-corrected chi connectivity index (χ3v) is 3.32. The SMILES string of the molecule is FC(F)(F)Oc1ccc(NSc2ccc(Br)cn2)cc1. The van der Waals surface area contributed by atoms with Gasteiger partial charge < -0.3 is 9.46 Å². The van der Waals surface area contributed by atoms with Crippen LogP contribution in [0.15, 0.2) is 52.1 Å². The molecule has 3 nitrogen and oxygen atoms in total. The van der Waals surface area contributed by atoms with Crippen molar-refractivity contribution < 1.29 is 17.9 Å². The van der Waals surface area contributed by atoms with E-state index < -0.39 is 6.36 Å². The van der Waals surface area contributed by atoms with Gasteiger partial charge in [-0.3, -0.25) is 0 Å². The maximum Gasteiger partial charge on any atom is 0.573 e. The highest BCUT2D eigenvalue weighted by molar-refractivity contribution is 9.10. The van der Waals surface area contributed by atoms with E-state index in [4.69, 9.17) is 0 Å². The Morgan fingerprint density at radius 2 is 1.80 bits per heavy atom. The number of pyridine rings is 1. The molecule has 0 fully saturated rings. The molecule has 1 aromatic carbocycles. The van der Waals surface area contributed by atoms with Crippen molar-refractivity contribution in [2.75, 3.05) is 4.72 Å². The average molecular weight is 365 g/mol. The summed E-state index contributed by atoms with van der Waals surface area (Å²) in [6.45, 7) is 0. The molecule has 1 aromatic heterocycles. The van der Waals surface area contributed by atoms with E-state index in [-0.39, 0.29) is 5.75 Å². The first-order valence-electron chi connectivity index (χ1n) is 5.32. The second kappa shape index (κ2) is 6.36. The summed E-state index contributed by atoms with van der Waals surface area (Å²) >= 11 is 4.53. The fraction of sp³-hybridized carbons (Fsp3) is 0.0833. The number of hydrogen-bond donors (Lipinski definition) is 1. The molecule has 0 spiro atoms. The van der Waals surface area contributed by atoms with Crippen LogP contribution in [0.4, 0.5) is 18.9 Å². The number of aromatic nitrogens is 1. The summed E-state index contributed by atoms with van der Waals surface area (Å²) in [5.74, 6) is -0.255. The van der Waals surface area contributed by atoms with Crippen molar-refractivity contribution >= 4 is 33.6 Å². The molecular formula is C12H8BrF3N2OS. The summed E-state index contributed by atoms with van der Waals surface area (Å²) in [6.07, 6.45) is -3.02. The van der Waals surface area contributed by atoms with E-state index in [1.807, 2.05) is 12.1 Å². The molecule has 20 heavy (non-hydrogen) atoms. The zero-order valence-corrected chi connectivity index (χ0v) is 12.2. The quantitative estimate of drug-likeness (QED) is 0.785. The first-order valence-corrected chi connectivity index (χ1v) is 6.93. The molecule has 1 heterocycles. The fourth-order valence-electron chi connectivity index (χ4n) is 1.26. The molecule has 2 rings (SSSR count). The molecule has 8 heteroatoms. The summed E-state index contributed by atoms with van der Waals surface area (Å²) in [4.78, 5) is 4.14. The molecule has 0 unspecified atom stereocenters. The van der Waals surface area contributed by atoms with E-state index >= 15 is 0 Å². The minimum Gasteiger partial charge on any atom is -0.406 e. The highest BCUT2D eigenvalue weighted by atomic mass is 79.9. The van der Waals surface area contributed by atoms with Gasteiger partial charge in [0.15, 0.2) is 0 Å². The van der Waals surface area contributed by atoms with Crippen LogP contribution in [0.5, 0.6) is 5.75 Å². The van der Waals surface area contributed by atoms with E-state index in [0.717, 1.165) is 9.50 Å². The molecular weight excluding hydrogens is 357 g/mol. The van der Waals surface area contributed by atoms with Gasteiger partial charge in [0.05, 0.1) is 0 Å². The molecule has 0 amide bonds. The van der Waals surface area contributed by atoms with Crippen LogP contribution in [0.1, 0.15) is 0 Å². The van der Waals surface area contributed by atoms with Gasteiger partial charge in [-0.25, -0.2) is 4.98 Å². The summed E-state index contributed by atoms with van der Waals surface area (Å²) < 4.78 is 43.6. The van der Waals surface area contributed by atoms with Crippen molar-refractivity contribution in [1.82, 2.24) is 4.98 Å². The minimum atomic E-state index is -4.68. The van der Waals surface area contributed by atoms with Crippen LogP contribution in [0.25, 0.3) is 0 Å². The van der Waals surface area contributed by atoms with E-state index in [9.17, 15) is 13.2 Å². The number of nitrogens with one attached hydrogen (secondary N) is 1. The lowest BCUT2D eigenvalue weighted by molar-refractivity contribution is -0.274. The van der Waals surface area contributed by atoms with Gasteiger partial charge in [0.25, 0.3) is 0 Å². The summed E-state index contributed by atoms with van der Waals surface area (Å²) in [7, 11) is 0. The number of anilines is 1. The van der Waals surface area contributed by atoms with E-state index in [2.05, 4.69) is 30.4 Å². The third-order valence-electron chi connectivity index (χ3n) is 2.06. The highest BCUT2D eigenvalue weighted by Gasteiger charge is 2.30. The molecule has 0 saturated heterocycles. The number of benzene rings is 1. The summed E-state index contributed by atoms with van der Waals surface area (Å²) in [6, 6.07) is 9.12. The van der Waals surface area contributed by atoms with Gasteiger partial charge in [-0.1, -0.05) is 0 Å². The maximum atomic E-state index is 12.0. The van der Waals surface area contributed by atoms with E-state index in [1.54, 1.807) is 6.20 Å². The van der Waals surface area contributed by atoms with Gasteiger partial charge in [0.1, 0.15) is 10.8 Å². The van der Waals surface area contributed by atoms with Crippen LogP contribution in [-0.4, -0.2) is 11.3 Å². The molecule has 0 saturated carbocycles. The molecule has 0 aliphatic rings. The van der Waals surface area contributed by atoms with Crippen molar-refractivity contribution in [3.63, 3.8) is 0 Å². The van der Waals surface area contributed by atoms with Crippen molar-refractivity contribution in [3.05, 3.63) is 47.1 Å². The predicted octanol–water partition coefficient (Wildman–Crippen LogP) is 4.86. The zero-order valence-electron chi connectivity index (χ0n) is 9.82. The number of hydrogen-bond acceptors (Lipinski definition) is 4. The highest BCUT2D eigenvalue weighted by Crippen LogP contribution is 2.26. The van der Waals surface area contributed by atoms with Crippen LogP contribution >= 0.6 is 27.9 Å². The second-order valence-electron chi connectivity index (χ2n) is 3.59. The van der Waals surface area contributed by atoms with Gasteiger partial charge in [-0.05, 0) is 52.3 Å². The molecule has 1 N–H and O–H groups in total. The average Bonchev–Trinajstić information content (AvgIpc) is 2.38. The first-order chi connectivity index (χ1) is 9.42. The van der Waals surface area contributed by atoms with Crippen molar-refractivity contribution in [3.8, 4) is 5.75 Å². The normalized spacial score (nSPS) is 11.2. The van der Waals surface area contributed by atoms with E-state index in [1.165, 1.54) is 36.2 Å². The molecule has 2 aromatic rings. The number of rotatable bonds is 4. The predicted molar refractivity (Wildman–Crippen MR) is 74.5 cm³/mol. The maximum absolute atomic E-state index is 12.0. The standard InChI is InChI=1S/C12H8BrF3N2OS/c13-8-1-6-11(17-7-8)20-18-9-2-4-10(5-3-9)19-12(14,15)16/h1-7,18H. The van der Waals surface area contributed by atoms with Gasteiger partial charge in [-0.15, -0.1) is 13.2 Å². The zero-order chi connectivity index (χ0) is 14.6. The molecule has 0 aliphatic carbocycles. The second-order valence-corrected chi connectivity index (χ2v) is 5.33. The number of ether oxygens (including phenoxy) is 1. The Labute approximate surface area is 125 Å². The van der Waals surface area contributed by atoms with Crippen LogP contribution in [-0.2, 0) is 0 Å². The molecule has 0 atom stereocenters. The third kappa shape index (κ3) is 4.93. The van der Waals surface area contributed by atoms with Crippen molar-refractivity contribution in [2.24, 2.45) is 0 Å².